The number of nitrogens with zero attached hydrogens (tertiary/aromatic N) is 1. The van der Waals surface area contributed by atoms with Crippen molar-refractivity contribution in [3.8, 4) is 6.07 Å². The summed E-state index contributed by atoms with van der Waals surface area (Å²) in [7, 11) is 0. The van der Waals surface area contributed by atoms with Crippen molar-refractivity contribution >= 4 is 5.91 Å². The van der Waals surface area contributed by atoms with Gasteiger partial charge in [0.25, 0.3) is 5.91 Å². The Bertz CT molecular complexity index is 148. The number of hydrogen-bond donors (Lipinski definition) is 2. The van der Waals surface area contributed by atoms with Gasteiger partial charge in [-0.2, -0.15) is 5.26 Å². The maximum absolute atomic E-state index is 10.4. The van der Waals surface area contributed by atoms with Gasteiger partial charge in [0.05, 0.1) is 6.07 Å². The van der Waals surface area contributed by atoms with Gasteiger partial charge in [-0.05, 0) is 0 Å². The second-order valence-electron chi connectivity index (χ2n) is 1.55. The monoisotopic (exact) mass is 111 g/mol. The first kappa shape index (κ1) is 5.06. The Morgan fingerprint density at radius 3 is 2.88 bits per heavy atom. The number of nitrogens with one attached hydrogen (secondary N) is 2. The molecule has 0 saturated carbocycles. The van der Waals surface area contributed by atoms with Crippen LogP contribution in [-0.2, 0) is 4.79 Å². The Balaban J connectivity index is 2.58. The minimum Gasteiger partial charge on any atom is -0.290 e. The van der Waals surface area contributed by atoms with Crippen LogP contribution in [-0.4, -0.2) is 12.5 Å². The summed E-state index contributed by atoms with van der Waals surface area (Å²) >= 11 is 0. The van der Waals surface area contributed by atoms with Crippen molar-refractivity contribution in [3.63, 3.8) is 0 Å². The molecule has 0 aromatic carbocycles. The molecule has 1 rings (SSSR count). The summed E-state index contributed by atoms with van der Waals surface area (Å²) in [6.45, 7) is 0.426. The molecular formula is C4H5N3O. The highest BCUT2D eigenvalue weighted by atomic mass is 16.2. The summed E-state index contributed by atoms with van der Waals surface area (Å²) in [5.41, 5.74) is 4.86. The van der Waals surface area contributed by atoms with E-state index in [1.54, 1.807) is 0 Å². The van der Waals surface area contributed by atoms with E-state index in [0.717, 1.165) is 0 Å². The van der Waals surface area contributed by atoms with Gasteiger partial charge in [-0.1, -0.05) is 0 Å². The van der Waals surface area contributed by atoms with E-state index < -0.39 is 5.92 Å². The number of hydrazine groups is 1. The lowest BCUT2D eigenvalue weighted by Gasteiger charge is -1.85. The summed E-state index contributed by atoms with van der Waals surface area (Å²) in [5.74, 6) is -0.720. The van der Waals surface area contributed by atoms with E-state index in [-0.39, 0.29) is 5.91 Å². The lowest BCUT2D eigenvalue weighted by Crippen LogP contribution is -2.25. The molecule has 1 fully saturated rings. The molecule has 1 aliphatic heterocycles. The molecule has 2 N–H and O–H groups in total. The quantitative estimate of drug-likeness (QED) is 0.411. The molecule has 4 nitrogen and oxygen atoms in total. The highest BCUT2D eigenvalue weighted by molar-refractivity contribution is 5.82. The van der Waals surface area contributed by atoms with Crippen molar-refractivity contribution in [2.45, 2.75) is 0 Å². The molecule has 1 aliphatic rings. The summed E-state index contributed by atoms with van der Waals surface area (Å²) in [5, 5.41) is 8.19. The molecule has 4 heteroatoms. The summed E-state index contributed by atoms with van der Waals surface area (Å²) in [6, 6.07) is 1.84. The molecule has 0 radical (unpaired) electrons. The van der Waals surface area contributed by atoms with Crippen LogP contribution in [0.25, 0.3) is 0 Å². The first-order valence-corrected chi connectivity index (χ1v) is 2.27. The second kappa shape index (κ2) is 1.80. The molecule has 0 bridgehead atoms. The number of amides is 1. The molecule has 8 heavy (non-hydrogen) atoms. The topological polar surface area (TPSA) is 64.9 Å². The molecule has 0 spiro atoms. The molecule has 0 aliphatic carbocycles. The third-order valence-corrected chi connectivity index (χ3v) is 0.990. The van der Waals surface area contributed by atoms with Gasteiger partial charge < -0.3 is 0 Å². The fourth-order valence-electron chi connectivity index (χ4n) is 0.524. The van der Waals surface area contributed by atoms with Crippen LogP contribution < -0.4 is 10.9 Å². The van der Waals surface area contributed by atoms with Gasteiger partial charge >= 0.3 is 0 Å². The number of carbonyl (C=O) groups is 1. The molecule has 1 heterocycles. The lowest BCUT2D eigenvalue weighted by atomic mass is 10.2. The SMILES string of the molecule is N#CC1CNNC1=O. The van der Waals surface area contributed by atoms with Crippen molar-refractivity contribution in [2.24, 2.45) is 5.92 Å². The van der Waals surface area contributed by atoms with E-state index in [1.807, 2.05) is 6.07 Å². The highest BCUT2D eigenvalue weighted by Gasteiger charge is 2.22. The minimum absolute atomic E-state index is 0.229. The van der Waals surface area contributed by atoms with E-state index in [0.29, 0.717) is 6.54 Å². The predicted molar refractivity (Wildman–Crippen MR) is 25.2 cm³/mol. The highest BCUT2D eigenvalue weighted by Crippen LogP contribution is 1.94. The smallest absolute Gasteiger partial charge is 0.252 e. The largest absolute Gasteiger partial charge is 0.290 e. The number of rotatable bonds is 0. The molecular weight excluding hydrogens is 106 g/mol. The van der Waals surface area contributed by atoms with Gasteiger partial charge in [0.2, 0.25) is 0 Å². The average molecular weight is 111 g/mol. The standard InChI is InChI=1S/C4H5N3O/c5-1-3-2-6-7-4(3)8/h3,6H,2H2,(H,7,8). The molecule has 1 saturated heterocycles. The Morgan fingerprint density at radius 2 is 2.62 bits per heavy atom. The van der Waals surface area contributed by atoms with Gasteiger partial charge in [0.15, 0.2) is 0 Å². The Labute approximate surface area is 46.5 Å². The van der Waals surface area contributed by atoms with Crippen LogP contribution in [0.4, 0.5) is 0 Å². The van der Waals surface area contributed by atoms with E-state index in [1.165, 1.54) is 0 Å². The van der Waals surface area contributed by atoms with Gasteiger partial charge in [-0.3, -0.25) is 10.2 Å². The van der Waals surface area contributed by atoms with Gasteiger partial charge in [-0.25, -0.2) is 5.43 Å². The predicted octanol–water partition coefficient (Wildman–Crippen LogP) is -1.24. The number of carbonyl (C=O) groups excluding carboxylic acids is 1. The summed E-state index contributed by atoms with van der Waals surface area (Å²) in [6.07, 6.45) is 0. The van der Waals surface area contributed by atoms with E-state index in [9.17, 15) is 4.79 Å². The fraction of sp³-hybridized carbons (Fsp3) is 0.500. The van der Waals surface area contributed by atoms with Crippen LogP contribution in [0.15, 0.2) is 0 Å². The van der Waals surface area contributed by atoms with Crippen molar-refractivity contribution in [1.82, 2.24) is 10.9 Å². The van der Waals surface area contributed by atoms with E-state index >= 15 is 0 Å². The van der Waals surface area contributed by atoms with Crippen LogP contribution in [0.2, 0.25) is 0 Å². The summed E-state index contributed by atoms with van der Waals surface area (Å²) in [4.78, 5) is 10.4. The van der Waals surface area contributed by atoms with Crippen molar-refractivity contribution in [1.29, 1.82) is 5.26 Å². The molecule has 1 unspecified atom stereocenters. The van der Waals surface area contributed by atoms with Gasteiger partial charge in [0, 0.05) is 6.54 Å². The van der Waals surface area contributed by atoms with Crippen LogP contribution >= 0.6 is 0 Å². The molecule has 0 aromatic rings. The zero-order valence-corrected chi connectivity index (χ0v) is 4.14. The minimum atomic E-state index is -0.491. The number of hydrogen-bond acceptors (Lipinski definition) is 3. The maximum Gasteiger partial charge on any atom is 0.252 e. The summed E-state index contributed by atoms with van der Waals surface area (Å²) < 4.78 is 0. The lowest BCUT2D eigenvalue weighted by molar-refractivity contribution is -0.121. The molecule has 42 valence electrons. The molecule has 1 atom stereocenters. The van der Waals surface area contributed by atoms with Crippen LogP contribution in [0.3, 0.4) is 0 Å². The average Bonchev–Trinajstić information content (AvgIpc) is 2.14. The maximum atomic E-state index is 10.4. The van der Waals surface area contributed by atoms with Gasteiger partial charge in [-0.15, -0.1) is 0 Å². The van der Waals surface area contributed by atoms with Gasteiger partial charge in [0.1, 0.15) is 5.92 Å². The number of nitriles is 1. The third-order valence-electron chi connectivity index (χ3n) is 0.990. The van der Waals surface area contributed by atoms with E-state index in [4.69, 9.17) is 5.26 Å². The molecule has 0 aromatic heterocycles. The Kier molecular flexibility index (Phi) is 1.14. The normalized spacial score (nSPS) is 26.9. The third kappa shape index (κ3) is 0.634. The molecule has 1 amide bonds. The first-order valence-electron chi connectivity index (χ1n) is 2.27. The van der Waals surface area contributed by atoms with Crippen LogP contribution in [0.5, 0.6) is 0 Å². The second-order valence-corrected chi connectivity index (χ2v) is 1.55. The first-order chi connectivity index (χ1) is 3.84. The van der Waals surface area contributed by atoms with Crippen LogP contribution in [0, 0.1) is 17.2 Å². The Hall–Kier alpha value is -1.08. The fourth-order valence-corrected chi connectivity index (χ4v) is 0.524. The van der Waals surface area contributed by atoms with Crippen molar-refractivity contribution in [2.75, 3.05) is 6.54 Å². The Morgan fingerprint density at radius 1 is 1.88 bits per heavy atom. The van der Waals surface area contributed by atoms with Crippen LogP contribution in [0.1, 0.15) is 0 Å². The zero-order valence-electron chi connectivity index (χ0n) is 4.14. The van der Waals surface area contributed by atoms with Crippen molar-refractivity contribution in [3.05, 3.63) is 0 Å². The zero-order chi connectivity index (χ0) is 5.98. The van der Waals surface area contributed by atoms with E-state index in [2.05, 4.69) is 10.9 Å². The van der Waals surface area contributed by atoms with Crippen molar-refractivity contribution < 1.29 is 4.79 Å².